The van der Waals surface area contributed by atoms with Crippen molar-refractivity contribution in [2.24, 2.45) is 0 Å². The second kappa shape index (κ2) is 16.9. The highest BCUT2D eigenvalue weighted by molar-refractivity contribution is 5.97. The van der Waals surface area contributed by atoms with Gasteiger partial charge >= 0.3 is 0 Å². The summed E-state index contributed by atoms with van der Waals surface area (Å²) in [7, 11) is 0. The number of phenolic OH excluding ortho intramolecular Hbond substituents is 2. The van der Waals surface area contributed by atoms with E-state index in [2.05, 4.69) is 48.2 Å². The van der Waals surface area contributed by atoms with E-state index in [9.17, 15) is 19.8 Å². The zero-order valence-electron chi connectivity index (χ0n) is 31.9. The summed E-state index contributed by atoms with van der Waals surface area (Å²) in [5, 5.41) is 23.9. The molecule has 0 atom stereocenters. The molecule has 5 N–H and O–H groups in total. The quantitative estimate of drug-likeness (QED) is 0.209. The average molecular weight is 740 g/mol. The minimum Gasteiger partial charge on any atom is -0.508 e. The first-order valence-electron chi connectivity index (χ1n) is 19.9. The molecule has 0 bridgehead atoms. The second-order valence-electron chi connectivity index (χ2n) is 15.9. The monoisotopic (exact) mass is 739 g/mol. The summed E-state index contributed by atoms with van der Waals surface area (Å²) in [6.07, 6.45) is 8.92. The van der Waals surface area contributed by atoms with E-state index in [0.29, 0.717) is 55.3 Å². The fourth-order valence-electron chi connectivity index (χ4n) is 8.76. The molecule has 2 amide bonds. The van der Waals surface area contributed by atoms with Crippen molar-refractivity contribution in [3.05, 3.63) is 70.5 Å². The Labute approximate surface area is 319 Å². The molecule has 5 heterocycles. The Kier molecular flexibility index (Phi) is 11.9. The number of carbonyl (C=O) groups is 2. The Morgan fingerprint density at radius 3 is 2.09 bits per heavy atom. The van der Waals surface area contributed by atoms with E-state index in [1.165, 1.54) is 30.0 Å². The molecule has 0 unspecified atom stereocenters. The second-order valence-corrected chi connectivity index (χ2v) is 15.9. The fraction of sp³-hybridized carbons (Fsp3) is 0.561. The smallest absolute Gasteiger partial charge is 0.258 e. The van der Waals surface area contributed by atoms with Crippen LogP contribution < -0.4 is 11.1 Å². The summed E-state index contributed by atoms with van der Waals surface area (Å²) in [6, 6.07) is 10.7. The lowest BCUT2D eigenvalue weighted by atomic mass is 9.98. The number of nitrogens with one attached hydrogen (secondary N) is 1. The molecular weight excluding hydrogens is 683 g/mol. The number of aromatic nitrogens is 2. The molecule has 1 aromatic heterocycles. The zero-order valence-corrected chi connectivity index (χ0v) is 31.9. The molecule has 4 aliphatic heterocycles. The Bertz CT molecular complexity index is 1760. The standard InChI is InChI=1S/C41H57N9O4/c1-28(2)35-21-36(38(52)22-37(35)51)40(54)50-26-30-6-5-29(20-31(30)27-50)25-46-12-7-33(8-13-46)47-16-18-48(19-17-47)34-9-14-49(15-10-34)39(53)4-3-11-43-41-44-23-32(42)24-45-41/h5-6,20-24,28,33-34,51-52H,3-4,7-19,25-27,42H2,1-2H3,(H,43,44,45). The van der Waals surface area contributed by atoms with Crippen LogP contribution in [-0.4, -0.2) is 127 Å². The molecule has 4 aliphatic rings. The number of piperidine rings is 2. The maximum atomic E-state index is 13.4. The Morgan fingerprint density at radius 1 is 0.815 bits per heavy atom. The van der Waals surface area contributed by atoms with E-state index in [1.54, 1.807) is 23.4 Å². The molecule has 54 heavy (non-hydrogen) atoms. The highest BCUT2D eigenvalue weighted by Crippen LogP contribution is 2.35. The lowest BCUT2D eigenvalue weighted by Gasteiger charge is -2.46. The van der Waals surface area contributed by atoms with Crippen molar-refractivity contribution < 1.29 is 19.8 Å². The predicted molar refractivity (Wildman–Crippen MR) is 209 cm³/mol. The SMILES string of the molecule is CC(C)c1cc(C(=O)N2Cc3ccc(CN4CCC(N5CCN(C6CCN(C(=O)CCCNc7ncc(N)cn7)CC6)CC5)CC4)cc3C2)c(O)cc1O. The van der Waals surface area contributed by atoms with Crippen LogP contribution in [0.15, 0.2) is 42.7 Å². The van der Waals surface area contributed by atoms with Gasteiger partial charge in [0, 0.05) is 90.0 Å². The number of fused-ring (bicyclic) bond motifs is 1. The average Bonchev–Trinajstić information content (AvgIpc) is 3.61. The summed E-state index contributed by atoms with van der Waals surface area (Å²) >= 11 is 0. The van der Waals surface area contributed by atoms with Crippen LogP contribution >= 0.6 is 0 Å². The molecule has 13 heteroatoms. The van der Waals surface area contributed by atoms with E-state index in [0.717, 1.165) is 83.7 Å². The van der Waals surface area contributed by atoms with Gasteiger partial charge in [-0.15, -0.1) is 0 Å². The van der Waals surface area contributed by atoms with E-state index in [4.69, 9.17) is 5.73 Å². The van der Waals surface area contributed by atoms with Gasteiger partial charge in [-0.1, -0.05) is 32.0 Å². The number of hydrogen-bond acceptors (Lipinski definition) is 11. The van der Waals surface area contributed by atoms with Crippen LogP contribution in [0.4, 0.5) is 11.6 Å². The maximum absolute atomic E-state index is 13.4. The number of rotatable bonds is 11. The third-order valence-electron chi connectivity index (χ3n) is 12.0. The summed E-state index contributed by atoms with van der Waals surface area (Å²) in [6.45, 7) is 14.8. The van der Waals surface area contributed by atoms with E-state index in [-0.39, 0.29) is 34.8 Å². The van der Waals surface area contributed by atoms with Crippen LogP contribution in [0.3, 0.4) is 0 Å². The van der Waals surface area contributed by atoms with Gasteiger partial charge in [0.15, 0.2) is 0 Å². The highest BCUT2D eigenvalue weighted by atomic mass is 16.3. The number of nitrogens with zero attached hydrogens (tertiary/aromatic N) is 7. The molecule has 3 fully saturated rings. The van der Waals surface area contributed by atoms with Crippen molar-refractivity contribution in [2.75, 3.05) is 70.0 Å². The number of likely N-dealkylation sites (tertiary alicyclic amines) is 2. The lowest BCUT2D eigenvalue weighted by Crippen LogP contribution is -2.56. The van der Waals surface area contributed by atoms with E-state index >= 15 is 0 Å². The Morgan fingerprint density at radius 2 is 1.44 bits per heavy atom. The first-order chi connectivity index (χ1) is 26.1. The van der Waals surface area contributed by atoms with Crippen LogP contribution in [0.25, 0.3) is 0 Å². The highest BCUT2D eigenvalue weighted by Gasteiger charge is 2.33. The minimum atomic E-state index is -0.212. The Balaban J connectivity index is 0.798. The number of amides is 2. The molecule has 0 spiro atoms. The van der Waals surface area contributed by atoms with Gasteiger partial charge in [-0.25, -0.2) is 9.97 Å². The predicted octanol–water partition coefficient (Wildman–Crippen LogP) is 4.21. The molecule has 0 saturated carbocycles. The number of nitrogen functional groups attached to an aromatic ring is 1. The van der Waals surface area contributed by atoms with Gasteiger partial charge in [0.05, 0.1) is 23.6 Å². The number of piperazine rings is 1. The molecule has 0 radical (unpaired) electrons. The number of hydrogen-bond donors (Lipinski definition) is 4. The first kappa shape index (κ1) is 37.8. The topological polar surface area (TPSA) is 155 Å². The van der Waals surface area contributed by atoms with Crippen molar-refractivity contribution in [1.82, 2.24) is 34.5 Å². The van der Waals surface area contributed by atoms with Crippen LogP contribution in [0, 0.1) is 0 Å². The molecule has 3 saturated heterocycles. The van der Waals surface area contributed by atoms with Crippen LogP contribution in [0.2, 0.25) is 0 Å². The van der Waals surface area contributed by atoms with Crippen LogP contribution in [-0.2, 0) is 24.4 Å². The summed E-state index contributed by atoms with van der Waals surface area (Å²) in [5.74, 6) is 0.440. The van der Waals surface area contributed by atoms with Gasteiger partial charge in [0.25, 0.3) is 5.91 Å². The fourth-order valence-corrected chi connectivity index (χ4v) is 8.76. The number of anilines is 2. The van der Waals surface area contributed by atoms with Gasteiger partial charge in [-0.2, -0.15) is 0 Å². The maximum Gasteiger partial charge on any atom is 0.258 e. The third kappa shape index (κ3) is 8.90. The van der Waals surface area contributed by atoms with Crippen LogP contribution in [0.5, 0.6) is 11.5 Å². The van der Waals surface area contributed by atoms with Gasteiger partial charge in [0.1, 0.15) is 11.5 Å². The minimum absolute atomic E-state index is 0.0165. The van der Waals surface area contributed by atoms with Gasteiger partial charge in [-0.05, 0) is 79.4 Å². The molecule has 0 aliphatic carbocycles. The molecule has 7 rings (SSSR count). The first-order valence-corrected chi connectivity index (χ1v) is 19.9. The number of aromatic hydroxyl groups is 2. The summed E-state index contributed by atoms with van der Waals surface area (Å²) in [4.78, 5) is 46.4. The summed E-state index contributed by atoms with van der Waals surface area (Å²) in [5.41, 5.74) is 10.7. The van der Waals surface area contributed by atoms with Gasteiger partial charge < -0.3 is 31.1 Å². The van der Waals surface area contributed by atoms with Crippen molar-refractivity contribution in [3.8, 4) is 11.5 Å². The Hall–Kier alpha value is -4.46. The van der Waals surface area contributed by atoms with Crippen molar-refractivity contribution in [2.45, 2.75) is 90.0 Å². The van der Waals surface area contributed by atoms with E-state index in [1.807, 2.05) is 18.7 Å². The normalized spacial score (nSPS) is 19.4. The molecule has 3 aromatic rings. The molecule has 2 aromatic carbocycles. The number of phenols is 2. The van der Waals surface area contributed by atoms with Crippen LogP contribution in [0.1, 0.15) is 90.9 Å². The number of carbonyl (C=O) groups excluding carboxylic acids is 2. The number of nitrogens with two attached hydrogens (primary N) is 1. The molecular formula is C41H57N9O4. The number of benzene rings is 2. The zero-order chi connectivity index (χ0) is 37.8. The molecule has 290 valence electrons. The largest absolute Gasteiger partial charge is 0.508 e. The molecule has 13 nitrogen and oxygen atoms in total. The summed E-state index contributed by atoms with van der Waals surface area (Å²) < 4.78 is 0. The lowest BCUT2D eigenvalue weighted by molar-refractivity contribution is -0.133. The van der Waals surface area contributed by atoms with E-state index < -0.39 is 0 Å². The van der Waals surface area contributed by atoms with Crippen molar-refractivity contribution in [1.29, 1.82) is 0 Å². The third-order valence-corrected chi connectivity index (χ3v) is 12.0. The van der Waals surface area contributed by atoms with Crippen molar-refractivity contribution in [3.63, 3.8) is 0 Å². The van der Waals surface area contributed by atoms with Crippen molar-refractivity contribution >= 4 is 23.5 Å². The van der Waals surface area contributed by atoms with Gasteiger partial charge in [-0.3, -0.25) is 24.3 Å². The van der Waals surface area contributed by atoms with Gasteiger partial charge in [0.2, 0.25) is 11.9 Å².